The van der Waals surface area contributed by atoms with Gasteiger partial charge in [0, 0.05) is 11.6 Å². The lowest BCUT2D eigenvalue weighted by Crippen LogP contribution is -2.39. The highest BCUT2D eigenvalue weighted by Gasteiger charge is 2.53. The lowest BCUT2D eigenvalue weighted by Gasteiger charge is -2.35. The molecule has 1 aliphatic carbocycles. The molecule has 7 heteroatoms. The van der Waals surface area contributed by atoms with Gasteiger partial charge in [-0.3, -0.25) is 14.5 Å². The number of ketones is 1. The Bertz CT molecular complexity index is 984. The van der Waals surface area contributed by atoms with E-state index in [0.717, 1.165) is 31.2 Å². The van der Waals surface area contributed by atoms with Crippen molar-refractivity contribution in [3.63, 3.8) is 0 Å². The Morgan fingerprint density at radius 2 is 2.14 bits per heavy atom. The molecule has 0 radical (unpaired) electrons. The number of aromatic nitrogens is 1. The highest BCUT2D eigenvalue weighted by atomic mass is 32.1. The number of amides is 1. The van der Waals surface area contributed by atoms with Gasteiger partial charge in [0.1, 0.15) is 11.9 Å². The van der Waals surface area contributed by atoms with Crippen molar-refractivity contribution < 1.29 is 19.1 Å². The number of benzene rings is 1. The SMILES string of the molecule is CCOc1cccc(C2C3=C(OC4CCCCC4C3=O)C(=O)N2c2nccs2)c1. The van der Waals surface area contributed by atoms with Crippen LogP contribution in [0.4, 0.5) is 5.13 Å². The molecule has 3 atom stereocenters. The summed E-state index contributed by atoms with van der Waals surface area (Å²) in [7, 11) is 0. The van der Waals surface area contributed by atoms with Crippen molar-refractivity contribution in [1.29, 1.82) is 0 Å². The summed E-state index contributed by atoms with van der Waals surface area (Å²) in [5.41, 5.74) is 1.30. The highest BCUT2D eigenvalue weighted by Crippen LogP contribution is 2.48. The maximum atomic E-state index is 13.5. The maximum absolute atomic E-state index is 13.5. The first-order valence-electron chi connectivity index (χ1n) is 10.1. The summed E-state index contributed by atoms with van der Waals surface area (Å²) in [6, 6.07) is 7.05. The standard InChI is InChI=1S/C22H22N2O4S/c1-2-27-14-7-5-6-13(12-14)18-17-19(25)15-8-3-4-9-16(15)28-20(17)21(26)24(18)22-23-10-11-29-22/h5-7,10-12,15-16,18H,2-4,8-9H2,1H3. The predicted molar refractivity (Wildman–Crippen MR) is 109 cm³/mol. The Kier molecular flexibility index (Phi) is 4.62. The van der Waals surface area contributed by atoms with Gasteiger partial charge in [-0.2, -0.15) is 0 Å². The van der Waals surface area contributed by atoms with Crippen molar-refractivity contribution in [2.45, 2.75) is 44.8 Å². The zero-order valence-electron chi connectivity index (χ0n) is 16.2. The molecule has 150 valence electrons. The van der Waals surface area contributed by atoms with Crippen LogP contribution < -0.4 is 9.64 Å². The molecule has 1 amide bonds. The molecule has 6 nitrogen and oxygen atoms in total. The van der Waals surface area contributed by atoms with E-state index in [1.54, 1.807) is 11.1 Å². The molecule has 3 aliphatic rings. The zero-order chi connectivity index (χ0) is 20.0. The number of rotatable bonds is 4. The van der Waals surface area contributed by atoms with Crippen molar-refractivity contribution >= 4 is 28.2 Å². The van der Waals surface area contributed by atoms with Gasteiger partial charge in [-0.15, -0.1) is 11.3 Å². The molecule has 0 spiro atoms. The molecule has 0 saturated heterocycles. The number of fused-ring (bicyclic) bond motifs is 1. The average molecular weight is 410 g/mol. The predicted octanol–water partition coefficient (Wildman–Crippen LogP) is 4.04. The Balaban J connectivity index is 1.64. The molecule has 2 aromatic rings. The minimum absolute atomic E-state index is 0.0511. The number of hydrogen-bond donors (Lipinski definition) is 0. The molecule has 1 aromatic carbocycles. The van der Waals surface area contributed by atoms with Gasteiger partial charge in [-0.25, -0.2) is 4.98 Å². The molecule has 29 heavy (non-hydrogen) atoms. The van der Waals surface area contributed by atoms with Gasteiger partial charge in [-0.05, 0) is 43.9 Å². The van der Waals surface area contributed by atoms with Crippen LogP contribution in [0.1, 0.15) is 44.2 Å². The van der Waals surface area contributed by atoms with Crippen LogP contribution in [0.3, 0.4) is 0 Å². The third-order valence-electron chi connectivity index (χ3n) is 5.87. The fraction of sp³-hybridized carbons (Fsp3) is 0.409. The number of carbonyl (C=O) groups excluding carboxylic acids is 2. The second-order valence-electron chi connectivity index (χ2n) is 7.55. The van der Waals surface area contributed by atoms with Gasteiger partial charge in [0.15, 0.2) is 16.7 Å². The van der Waals surface area contributed by atoms with Crippen LogP contribution in [0.15, 0.2) is 47.2 Å². The largest absolute Gasteiger partial charge is 0.494 e. The van der Waals surface area contributed by atoms with Crippen LogP contribution in [-0.2, 0) is 14.3 Å². The third-order valence-corrected chi connectivity index (χ3v) is 6.64. The van der Waals surface area contributed by atoms with E-state index >= 15 is 0 Å². The minimum atomic E-state index is -0.542. The molecule has 3 heterocycles. The highest BCUT2D eigenvalue weighted by molar-refractivity contribution is 7.13. The van der Waals surface area contributed by atoms with Crippen LogP contribution in [0.25, 0.3) is 0 Å². The average Bonchev–Trinajstić information content (AvgIpc) is 3.36. The number of ether oxygens (including phenoxy) is 2. The quantitative estimate of drug-likeness (QED) is 0.761. The van der Waals surface area contributed by atoms with E-state index in [1.165, 1.54) is 11.3 Å². The second-order valence-corrected chi connectivity index (χ2v) is 8.43. The molecule has 2 aliphatic heterocycles. The fourth-order valence-corrected chi connectivity index (χ4v) is 5.30. The molecular weight excluding hydrogens is 388 g/mol. The molecular formula is C22H22N2O4S. The van der Waals surface area contributed by atoms with Crippen LogP contribution >= 0.6 is 11.3 Å². The molecule has 1 fully saturated rings. The lowest BCUT2D eigenvalue weighted by molar-refractivity contribution is -0.131. The summed E-state index contributed by atoms with van der Waals surface area (Å²) >= 11 is 1.38. The van der Waals surface area contributed by atoms with Crippen LogP contribution in [0.2, 0.25) is 0 Å². The van der Waals surface area contributed by atoms with Gasteiger partial charge >= 0.3 is 0 Å². The van der Waals surface area contributed by atoms with Crippen molar-refractivity contribution in [3.05, 3.63) is 52.7 Å². The molecule has 3 unspecified atom stereocenters. The first kappa shape index (κ1) is 18.4. The first-order chi connectivity index (χ1) is 14.2. The van der Waals surface area contributed by atoms with E-state index in [1.807, 2.05) is 36.6 Å². The number of Topliss-reactive ketones (excluding diaryl/α,β-unsaturated/α-hetero) is 1. The zero-order valence-corrected chi connectivity index (χ0v) is 17.0. The van der Waals surface area contributed by atoms with Crippen molar-refractivity contribution in [3.8, 4) is 5.75 Å². The lowest BCUT2D eigenvalue weighted by atomic mass is 9.77. The van der Waals surface area contributed by atoms with E-state index in [-0.39, 0.29) is 29.5 Å². The Hall–Kier alpha value is -2.67. The van der Waals surface area contributed by atoms with E-state index in [2.05, 4.69) is 4.98 Å². The Morgan fingerprint density at radius 1 is 1.28 bits per heavy atom. The summed E-state index contributed by atoms with van der Waals surface area (Å²) in [5.74, 6) is 0.531. The molecule has 0 bridgehead atoms. The molecule has 5 rings (SSSR count). The van der Waals surface area contributed by atoms with Gasteiger partial charge in [0.25, 0.3) is 5.91 Å². The molecule has 0 N–H and O–H groups in total. The summed E-state index contributed by atoms with van der Waals surface area (Å²) in [6.45, 7) is 2.47. The van der Waals surface area contributed by atoms with Gasteiger partial charge in [0.05, 0.1) is 24.1 Å². The van der Waals surface area contributed by atoms with Crippen LogP contribution in [0, 0.1) is 5.92 Å². The monoisotopic (exact) mass is 410 g/mol. The first-order valence-corrected chi connectivity index (χ1v) is 11.0. The van der Waals surface area contributed by atoms with Crippen molar-refractivity contribution in [2.24, 2.45) is 5.92 Å². The molecule has 1 saturated carbocycles. The fourth-order valence-electron chi connectivity index (χ4n) is 4.63. The van der Waals surface area contributed by atoms with Crippen molar-refractivity contribution in [1.82, 2.24) is 4.98 Å². The van der Waals surface area contributed by atoms with Crippen LogP contribution in [0.5, 0.6) is 5.75 Å². The third kappa shape index (κ3) is 2.95. The molecule has 1 aromatic heterocycles. The van der Waals surface area contributed by atoms with Gasteiger partial charge in [0.2, 0.25) is 0 Å². The Labute approximate surface area is 173 Å². The summed E-state index contributed by atoms with van der Waals surface area (Å²) in [5, 5.41) is 2.39. The summed E-state index contributed by atoms with van der Waals surface area (Å²) < 4.78 is 11.8. The van der Waals surface area contributed by atoms with Gasteiger partial charge in [-0.1, -0.05) is 18.6 Å². The number of thiazole rings is 1. The van der Waals surface area contributed by atoms with Crippen molar-refractivity contribution in [2.75, 3.05) is 11.5 Å². The smallest absolute Gasteiger partial charge is 0.296 e. The maximum Gasteiger partial charge on any atom is 0.296 e. The normalized spacial score (nSPS) is 26.2. The van der Waals surface area contributed by atoms with E-state index in [0.29, 0.717) is 23.1 Å². The van der Waals surface area contributed by atoms with Gasteiger partial charge < -0.3 is 9.47 Å². The van der Waals surface area contributed by atoms with E-state index in [4.69, 9.17) is 9.47 Å². The Morgan fingerprint density at radius 3 is 2.93 bits per heavy atom. The number of anilines is 1. The number of hydrogen-bond acceptors (Lipinski definition) is 6. The number of carbonyl (C=O) groups is 2. The second kappa shape index (κ2) is 7.30. The van der Waals surface area contributed by atoms with Crippen LogP contribution in [-0.4, -0.2) is 29.4 Å². The summed E-state index contributed by atoms with van der Waals surface area (Å²) in [4.78, 5) is 32.9. The van der Waals surface area contributed by atoms with E-state index < -0.39 is 6.04 Å². The number of nitrogens with zero attached hydrogens (tertiary/aromatic N) is 2. The topological polar surface area (TPSA) is 68.7 Å². The summed E-state index contributed by atoms with van der Waals surface area (Å²) in [6.07, 6.45) is 5.17. The van der Waals surface area contributed by atoms with E-state index in [9.17, 15) is 9.59 Å². The minimum Gasteiger partial charge on any atom is -0.494 e.